The van der Waals surface area contributed by atoms with Crippen LogP contribution in [0.3, 0.4) is 0 Å². The molecule has 1 heterocycles. The maximum atomic E-state index is 11.2. The topological polar surface area (TPSA) is 43.1 Å². The Morgan fingerprint density at radius 3 is 2.94 bits per heavy atom. The van der Waals surface area contributed by atoms with Gasteiger partial charge in [-0.2, -0.15) is 0 Å². The van der Waals surface area contributed by atoms with Crippen LogP contribution in [0.4, 0.5) is 0 Å². The molecule has 0 amide bonds. The third kappa shape index (κ3) is 1.77. The zero-order valence-electron chi connectivity index (χ0n) is 10.1. The number of carbonyl (C=O) groups is 1. The Labute approximate surface area is 110 Å². The van der Waals surface area contributed by atoms with Gasteiger partial charge in [0.05, 0.1) is 5.41 Å². The van der Waals surface area contributed by atoms with Gasteiger partial charge in [0, 0.05) is 16.0 Å². The predicted octanol–water partition coefficient (Wildman–Crippen LogP) is 3.29. The summed E-state index contributed by atoms with van der Waals surface area (Å²) in [6, 6.07) is 8.13. The van der Waals surface area contributed by atoms with Crippen molar-refractivity contribution in [2.24, 2.45) is 0 Å². The number of carbonyl (C=O) groups excluding carboxylic acids is 1. The third-order valence-electron chi connectivity index (χ3n) is 3.46. The molecule has 3 nitrogen and oxygen atoms in total. The van der Waals surface area contributed by atoms with Gasteiger partial charge in [0.1, 0.15) is 18.2 Å². The summed E-state index contributed by atoms with van der Waals surface area (Å²) in [6.45, 7) is 0. The van der Waals surface area contributed by atoms with Crippen molar-refractivity contribution >= 4 is 18.0 Å². The molecule has 1 fully saturated rings. The summed E-state index contributed by atoms with van der Waals surface area (Å²) in [4.78, 5) is 12.4. The van der Waals surface area contributed by atoms with E-state index in [2.05, 4.69) is 17.3 Å². The monoisotopic (exact) mass is 259 g/mol. The van der Waals surface area contributed by atoms with Gasteiger partial charge in [-0.15, -0.1) is 11.8 Å². The van der Waals surface area contributed by atoms with E-state index in [0.717, 1.165) is 35.9 Å². The van der Waals surface area contributed by atoms with Crippen LogP contribution >= 0.6 is 11.8 Å². The molecule has 18 heavy (non-hydrogen) atoms. The van der Waals surface area contributed by atoms with Gasteiger partial charge >= 0.3 is 0 Å². The summed E-state index contributed by atoms with van der Waals surface area (Å²) in [5.74, 6) is 0. The zero-order valence-corrected chi connectivity index (χ0v) is 10.9. The molecule has 0 saturated heterocycles. The smallest absolute Gasteiger partial charge is 0.130 e. The summed E-state index contributed by atoms with van der Waals surface area (Å²) in [5, 5.41) is 4.07. The van der Waals surface area contributed by atoms with Crippen LogP contribution in [0, 0.1) is 0 Å². The van der Waals surface area contributed by atoms with Crippen LogP contribution in [0.25, 0.3) is 11.3 Å². The highest BCUT2D eigenvalue weighted by Gasteiger charge is 2.47. The van der Waals surface area contributed by atoms with Crippen molar-refractivity contribution in [2.75, 3.05) is 6.26 Å². The summed E-state index contributed by atoms with van der Waals surface area (Å²) >= 11 is 1.69. The van der Waals surface area contributed by atoms with E-state index in [0.29, 0.717) is 0 Å². The van der Waals surface area contributed by atoms with Gasteiger partial charge in [-0.05, 0) is 31.2 Å². The van der Waals surface area contributed by atoms with Crippen molar-refractivity contribution in [3.63, 3.8) is 0 Å². The van der Waals surface area contributed by atoms with Crippen molar-refractivity contribution in [3.8, 4) is 11.3 Å². The summed E-state index contributed by atoms with van der Waals surface area (Å²) in [6.07, 6.45) is 6.47. The number of hydrogen-bond acceptors (Lipinski definition) is 4. The summed E-state index contributed by atoms with van der Waals surface area (Å²) < 4.78 is 5.09. The van der Waals surface area contributed by atoms with Crippen LogP contribution in [-0.4, -0.2) is 17.7 Å². The second-order valence-corrected chi connectivity index (χ2v) is 5.46. The first kappa shape index (κ1) is 11.5. The van der Waals surface area contributed by atoms with E-state index in [1.807, 2.05) is 18.4 Å². The molecule has 92 valence electrons. The lowest BCUT2D eigenvalue weighted by atomic mass is 9.95. The van der Waals surface area contributed by atoms with Gasteiger partial charge in [0.25, 0.3) is 0 Å². The first-order valence-electron chi connectivity index (χ1n) is 5.85. The fourth-order valence-electron chi connectivity index (χ4n) is 2.15. The van der Waals surface area contributed by atoms with Crippen LogP contribution in [0.1, 0.15) is 18.4 Å². The molecule has 1 aromatic carbocycles. The van der Waals surface area contributed by atoms with Gasteiger partial charge in [-0.1, -0.05) is 17.3 Å². The number of aldehydes is 1. The van der Waals surface area contributed by atoms with Crippen LogP contribution in [0.5, 0.6) is 0 Å². The average molecular weight is 259 g/mol. The number of rotatable bonds is 4. The van der Waals surface area contributed by atoms with Crippen LogP contribution < -0.4 is 0 Å². The van der Waals surface area contributed by atoms with Crippen LogP contribution in [0.2, 0.25) is 0 Å². The van der Waals surface area contributed by atoms with Gasteiger partial charge in [0.15, 0.2) is 0 Å². The fraction of sp³-hybridized carbons (Fsp3) is 0.286. The summed E-state index contributed by atoms with van der Waals surface area (Å²) in [7, 11) is 0. The lowest BCUT2D eigenvalue weighted by Gasteiger charge is -2.06. The molecule has 0 atom stereocenters. The van der Waals surface area contributed by atoms with E-state index in [1.165, 1.54) is 4.90 Å². The van der Waals surface area contributed by atoms with Gasteiger partial charge in [-0.25, -0.2) is 0 Å². The minimum absolute atomic E-state index is 0.343. The first-order chi connectivity index (χ1) is 8.79. The molecule has 4 heteroatoms. The Balaban J connectivity index is 2.07. The highest BCUT2D eigenvalue weighted by atomic mass is 32.2. The van der Waals surface area contributed by atoms with E-state index in [9.17, 15) is 4.79 Å². The van der Waals surface area contributed by atoms with Crippen LogP contribution in [0.15, 0.2) is 39.9 Å². The molecule has 0 spiro atoms. The second-order valence-electron chi connectivity index (χ2n) is 4.58. The Kier molecular flexibility index (Phi) is 2.74. The van der Waals surface area contributed by atoms with Gasteiger partial charge in [-0.3, -0.25) is 0 Å². The molecule has 1 saturated carbocycles. The lowest BCUT2D eigenvalue weighted by Crippen LogP contribution is -2.07. The van der Waals surface area contributed by atoms with E-state index in [4.69, 9.17) is 4.52 Å². The average Bonchev–Trinajstić information content (AvgIpc) is 3.07. The second kappa shape index (κ2) is 4.28. The number of hydrogen-bond donors (Lipinski definition) is 0. The minimum Gasteiger partial charge on any atom is -0.364 e. The largest absolute Gasteiger partial charge is 0.364 e. The molecule has 0 aliphatic heterocycles. The Bertz CT molecular complexity index is 587. The molecule has 1 aliphatic rings. The Morgan fingerprint density at radius 2 is 2.28 bits per heavy atom. The minimum atomic E-state index is -0.343. The molecule has 0 N–H and O–H groups in total. The van der Waals surface area contributed by atoms with E-state index in [-0.39, 0.29) is 5.41 Å². The molecule has 1 aliphatic carbocycles. The number of thioether (sulfide) groups is 1. The predicted molar refractivity (Wildman–Crippen MR) is 70.7 cm³/mol. The number of nitrogens with zero attached hydrogens (tertiary/aromatic N) is 1. The lowest BCUT2D eigenvalue weighted by molar-refractivity contribution is -0.109. The maximum absolute atomic E-state index is 11.2. The highest BCUT2D eigenvalue weighted by molar-refractivity contribution is 7.98. The molecule has 1 aromatic heterocycles. The van der Waals surface area contributed by atoms with Crippen molar-refractivity contribution in [2.45, 2.75) is 23.2 Å². The van der Waals surface area contributed by atoms with Crippen molar-refractivity contribution in [3.05, 3.63) is 36.1 Å². The maximum Gasteiger partial charge on any atom is 0.130 e. The van der Waals surface area contributed by atoms with E-state index in [1.54, 1.807) is 18.0 Å². The summed E-state index contributed by atoms with van der Waals surface area (Å²) in [5.41, 5.74) is 2.40. The van der Waals surface area contributed by atoms with Crippen LogP contribution in [-0.2, 0) is 10.2 Å². The van der Waals surface area contributed by atoms with E-state index < -0.39 is 0 Å². The standard InChI is InChI=1S/C14H13NO2S/c1-18-11-4-2-3-10(7-11)13-12(8-17-15-13)14(9-16)5-6-14/h2-4,7-9H,5-6H2,1H3. The zero-order chi connectivity index (χ0) is 12.6. The fourth-order valence-corrected chi connectivity index (χ4v) is 2.61. The molecule has 0 unspecified atom stereocenters. The SMILES string of the molecule is CSc1cccc(-c2nocc2C2(C=O)CC2)c1. The quantitative estimate of drug-likeness (QED) is 0.624. The van der Waals surface area contributed by atoms with Gasteiger partial charge < -0.3 is 9.32 Å². The molecule has 3 rings (SSSR count). The van der Waals surface area contributed by atoms with Crippen molar-refractivity contribution in [1.29, 1.82) is 0 Å². The third-order valence-corrected chi connectivity index (χ3v) is 4.19. The van der Waals surface area contributed by atoms with E-state index >= 15 is 0 Å². The normalized spacial score (nSPS) is 16.5. The molecular weight excluding hydrogens is 246 g/mol. The van der Waals surface area contributed by atoms with Crippen molar-refractivity contribution in [1.82, 2.24) is 5.16 Å². The molecule has 2 aromatic rings. The Hall–Kier alpha value is -1.55. The number of benzene rings is 1. The molecule has 0 radical (unpaired) electrons. The molecule has 0 bridgehead atoms. The highest BCUT2D eigenvalue weighted by Crippen LogP contribution is 2.49. The number of aromatic nitrogens is 1. The Morgan fingerprint density at radius 1 is 1.44 bits per heavy atom. The van der Waals surface area contributed by atoms with Crippen molar-refractivity contribution < 1.29 is 9.32 Å². The first-order valence-corrected chi connectivity index (χ1v) is 7.07. The van der Waals surface area contributed by atoms with Gasteiger partial charge in [0.2, 0.25) is 0 Å². The molecular formula is C14H13NO2S.